The highest BCUT2D eigenvalue weighted by Crippen LogP contribution is 2.23. The zero-order valence-corrected chi connectivity index (χ0v) is 16.9. The van der Waals surface area contributed by atoms with Crippen LogP contribution in [0.2, 0.25) is 0 Å². The summed E-state index contributed by atoms with van der Waals surface area (Å²) in [6.07, 6.45) is 0. The van der Waals surface area contributed by atoms with Crippen molar-refractivity contribution in [3.8, 4) is 5.75 Å². The van der Waals surface area contributed by atoms with E-state index in [9.17, 15) is 22.0 Å². The molecule has 0 saturated heterocycles. The van der Waals surface area contributed by atoms with Crippen molar-refractivity contribution < 1.29 is 26.7 Å². The Labute approximate surface area is 172 Å². The van der Waals surface area contributed by atoms with Gasteiger partial charge < -0.3 is 10.1 Å². The maximum Gasteiger partial charge on any atom is 0.261 e. The van der Waals surface area contributed by atoms with Gasteiger partial charge >= 0.3 is 0 Å². The van der Waals surface area contributed by atoms with Crippen molar-refractivity contribution in [2.24, 2.45) is 0 Å². The SMILES string of the molecule is COc1ccc(S(=O)(=O)Nc2cc(C(=O)Nc3ccc(F)c(F)c3)ccc2C)cc1. The third kappa shape index (κ3) is 4.74. The summed E-state index contributed by atoms with van der Waals surface area (Å²) in [7, 11) is -2.43. The lowest BCUT2D eigenvalue weighted by molar-refractivity contribution is 0.102. The van der Waals surface area contributed by atoms with Crippen molar-refractivity contribution in [3.05, 3.63) is 83.4 Å². The second-order valence-electron chi connectivity index (χ2n) is 6.39. The Morgan fingerprint density at radius 1 is 0.933 bits per heavy atom. The summed E-state index contributed by atoms with van der Waals surface area (Å²) in [5.74, 6) is -2.21. The van der Waals surface area contributed by atoms with E-state index in [1.54, 1.807) is 13.0 Å². The van der Waals surface area contributed by atoms with E-state index in [-0.39, 0.29) is 21.8 Å². The van der Waals surface area contributed by atoms with Gasteiger partial charge in [-0.1, -0.05) is 6.07 Å². The average Bonchev–Trinajstić information content (AvgIpc) is 2.72. The second kappa shape index (κ2) is 8.50. The van der Waals surface area contributed by atoms with Gasteiger partial charge in [0.1, 0.15) is 5.75 Å². The number of nitrogens with one attached hydrogen (secondary N) is 2. The first kappa shape index (κ1) is 21.3. The molecule has 0 fully saturated rings. The van der Waals surface area contributed by atoms with Crippen LogP contribution in [0.15, 0.2) is 65.6 Å². The molecule has 0 aliphatic rings. The molecule has 0 aromatic heterocycles. The van der Waals surface area contributed by atoms with Gasteiger partial charge in [0, 0.05) is 17.3 Å². The first-order chi connectivity index (χ1) is 14.2. The smallest absolute Gasteiger partial charge is 0.261 e. The minimum absolute atomic E-state index is 0.0272. The van der Waals surface area contributed by atoms with E-state index in [4.69, 9.17) is 4.74 Å². The summed E-state index contributed by atoms with van der Waals surface area (Å²) in [4.78, 5) is 12.5. The fourth-order valence-electron chi connectivity index (χ4n) is 2.61. The Balaban J connectivity index is 1.83. The number of methoxy groups -OCH3 is 1. The molecule has 9 heteroatoms. The maximum atomic E-state index is 13.3. The molecule has 0 radical (unpaired) electrons. The van der Waals surface area contributed by atoms with Gasteiger partial charge in [0.25, 0.3) is 15.9 Å². The predicted octanol–water partition coefficient (Wildman–Crippen LogP) is 4.33. The summed E-state index contributed by atoms with van der Waals surface area (Å²) in [5.41, 5.74) is 1.01. The normalized spacial score (nSPS) is 11.1. The molecule has 3 aromatic rings. The molecule has 0 saturated carbocycles. The van der Waals surface area contributed by atoms with Crippen LogP contribution >= 0.6 is 0 Å². The van der Waals surface area contributed by atoms with Gasteiger partial charge in [-0.05, 0) is 61.0 Å². The molecular weight excluding hydrogens is 414 g/mol. The largest absolute Gasteiger partial charge is 0.497 e. The van der Waals surface area contributed by atoms with Crippen LogP contribution in [-0.2, 0) is 10.0 Å². The van der Waals surface area contributed by atoms with Gasteiger partial charge in [-0.15, -0.1) is 0 Å². The monoisotopic (exact) mass is 432 g/mol. The minimum atomic E-state index is -3.90. The van der Waals surface area contributed by atoms with E-state index >= 15 is 0 Å². The molecule has 156 valence electrons. The molecule has 0 bridgehead atoms. The molecule has 1 amide bonds. The number of ether oxygens (including phenoxy) is 1. The number of rotatable bonds is 6. The number of hydrogen-bond acceptors (Lipinski definition) is 4. The van der Waals surface area contributed by atoms with Crippen LogP contribution in [0.3, 0.4) is 0 Å². The number of sulfonamides is 1. The van der Waals surface area contributed by atoms with Gasteiger partial charge in [0.15, 0.2) is 11.6 Å². The van der Waals surface area contributed by atoms with E-state index in [0.717, 1.165) is 12.1 Å². The number of halogens is 2. The van der Waals surface area contributed by atoms with Crippen LogP contribution in [-0.4, -0.2) is 21.4 Å². The lowest BCUT2D eigenvalue weighted by atomic mass is 10.1. The Morgan fingerprint density at radius 2 is 1.63 bits per heavy atom. The van der Waals surface area contributed by atoms with Crippen molar-refractivity contribution in [3.63, 3.8) is 0 Å². The van der Waals surface area contributed by atoms with Crippen molar-refractivity contribution in [2.75, 3.05) is 17.1 Å². The Morgan fingerprint density at radius 3 is 2.27 bits per heavy atom. The first-order valence-electron chi connectivity index (χ1n) is 8.73. The van der Waals surface area contributed by atoms with E-state index in [0.29, 0.717) is 11.3 Å². The fraction of sp³-hybridized carbons (Fsp3) is 0.0952. The summed E-state index contributed by atoms with van der Waals surface area (Å²) in [5, 5.41) is 2.44. The quantitative estimate of drug-likeness (QED) is 0.607. The van der Waals surface area contributed by atoms with E-state index in [1.807, 2.05) is 0 Å². The highest BCUT2D eigenvalue weighted by molar-refractivity contribution is 7.92. The number of hydrogen-bond donors (Lipinski definition) is 2. The topological polar surface area (TPSA) is 84.5 Å². The predicted molar refractivity (Wildman–Crippen MR) is 109 cm³/mol. The summed E-state index contributed by atoms with van der Waals surface area (Å²) in [6, 6.07) is 13.3. The van der Waals surface area contributed by atoms with Crippen molar-refractivity contribution in [2.45, 2.75) is 11.8 Å². The van der Waals surface area contributed by atoms with Gasteiger partial charge in [-0.2, -0.15) is 0 Å². The fourth-order valence-corrected chi connectivity index (χ4v) is 3.73. The van der Waals surface area contributed by atoms with E-state index < -0.39 is 27.6 Å². The Bertz CT molecular complexity index is 1200. The molecule has 0 spiro atoms. The van der Waals surface area contributed by atoms with Gasteiger partial charge in [0.05, 0.1) is 17.7 Å². The zero-order valence-electron chi connectivity index (χ0n) is 16.1. The van der Waals surface area contributed by atoms with Crippen LogP contribution in [0.1, 0.15) is 15.9 Å². The van der Waals surface area contributed by atoms with Crippen LogP contribution in [0.5, 0.6) is 5.75 Å². The highest BCUT2D eigenvalue weighted by Gasteiger charge is 2.17. The van der Waals surface area contributed by atoms with Gasteiger partial charge in [-0.3, -0.25) is 9.52 Å². The van der Waals surface area contributed by atoms with E-state index in [2.05, 4.69) is 10.0 Å². The highest BCUT2D eigenvalue weighted by atomic mass is 32.2. The third-order valence-corrected chi connectivity index (χ3v) is 5.67. The Kier molecular flexibility index (Phi) is 6.02. The minimum Gasteiger partial charge on any atom is -0.497 e. The van der Waals surface area contributed by atoms with Crippen molar-refractivity contribution >= 4 is 27.3 Å². The number of benzene rings is 3. The van der Waals surface area contributed by atoms with E-state index in [1.165, 1.54) is 49.6 Å². The number of aryl methyl sites for hydroxylation is 1. The lowest BCUT2D eigenvalue weighted by Gasteiger charge is -2.13. The van der Waals surface area contributed by atoms with Crippen molar-refractivity contribution in [1.29, 1.82) is 0 Å². The summed E-state index contributed by atoms with van der Waals surface area (Å²) >= 11 is 0. The standard InChI is InChI=1S/C21H18F2N2O4S/c1-13-3-4-14(21(26)24-15-5-10-18(22)19(23)12-15)11-20(13)25-30(27,28)17-8-6-16(29-2)7-9-17/h3-12,25H,1-2H3,(H,24,26). The molecule has 3 aromatic carbocycles. The molecule has 2 N–H and O–H groups in total. The number of carbonyl (C=O) groups is 1. The molecule has 6 nitrogen and oxygen atoms in total. The van der Waals surface area contributed by atoms with Crippen LogP contribution in [0, 0.1) is 18.6 Å². The molecular formula is C21H18F2N2O4S. The molecule has 0 heterocycles. The Hall–Kier alpha value is -3.46. The van der Waals surface area contributed by atoms with Gasteiger partial charge in [-0.25, -0.2) is 17.2 Å². The number of carbonyl (C=O) groups excluding carboxylic acids is 1. The summed E-state index contributed by atoms with van der Waals surface area (Å²) in [6.45, 7) is 1.68. The van der Waals surface area contributed by atoms with Crippen LogP contribution in [0.25, 0.3) is 0 Å². The lowest BCUT2D eigenvalue weighted by Crippen LogP contribution is -2.16. The van der Waals surface area contributed by atoms with Crippen LogP contribution < -0.4 is 14.8 Å². The molecule has 30 heavy (non-hydrogen) atoms. The van der Waals surface area contributed by atoms with Gasteiger partial charge in [0.2, 0.25) is 0 Å². The van der Waals surface area contributed by atoms with Crippen molar-refractivity contribution in [1.82, 2.24) is 0 Å². The third-order valence-electron chi connectivity index (χ3n) is 4.29. The average molecular weight is 432 g/mol. The molecule has 3 rings (SSSR count). The second-order valence-corrected chi connectivity index (χ2v) is 8.08. The number of anilines is 2. The molecule has 0 aliphatic heterocycles. The van der Waals surface area contributed by atoms with Crippen LogP contribution in [0.4, 0.5) is 20.2 Å². The zero-order chi connectivity index (χ0) is 21.9. The maximum absolute atomic E-state index is 13.3. The molecule has 0 atom stereocenters. The molecule has 0 aliphatic carbocycles. The number of amides is 1. The first-order valence-corrected chi connectivity index (χ1v) is 10.2. The summed E-state index contributed by atoms with van der Waals surface area (Å²) < 4.78 is 59.2. The molecule has 0 unspecified atom stereocenters.